The van der Waals surface area contributed by atoms with E-state index >= 15 is 0 Å². The normalized spacial score (nSPS) is 13.1. The Kier molecular flexibility index (Phi) is 4.99. The third-order valence-corrected chi connectivity index (χ3v) is 5.39. The molecule has 0 spiro atoms. The lowest BCUT2D eigenvalue weighted by Crippen LogP contribution is -2.39. The van der Waals surface area contributed by atoms with E-state index in [1.54, 1.807) is 29.2 Å². The van der Waals surface area contributed by atoms with Crippen molar-refractivity contribution in [3.05, 3.63) is 58.2 Å². The topological polar surface area (TPSA) is 96.6 Å². The molecule has 0 aliphatic carbocycles. The predicted octanol–water partition coefficient (Wildman–Crippen LogP) is 4.73. The van der Waals surface area contributed by atoms with Crippen molar-refractivity contribution in [2.24, 2.45) is 0 Å². The van der Waals surface area contributed by atoms with Crippen molar-refractivity contribution in [1.82, 2.24) is 15.0 Å². The molecule has 0 atom stereocenters. The Bertz CT molecular complexity index is 1340. The molecule has 0 saturated heterocycles. The number of oxazole rings is 1. The number of anilines is 4. The van der Waals surface area contributed by atoms with Crippen LogP contribution >= 0.6 is 23.2 Å². The molecule has 3 heterocycles. The van der Waals surface area contributed by atoms with Crippen LogP contribution in [0.2, 0.25) is 10.0 Å². The number of carbonyl (C=O) groups is 1. The van der Waals surface area contributed by atoms with Crippen LogP contribution in [0.4, 0.5) is 23.3 Å². The standard InChI is InChI=1S/C21H16Cl2N6O3/c1-28(2)21-26-15-7-6-11(8-16(15)32-21)25-20-24-9-12-18(27-20)31-10-29(19(12)30)17-13(22)4-3-5-14(17)23/h3-9H,10H2,1-2H3,(H,24,25,27). The smallest absolute Gasteiger partial charge is 0.297 e. The van der Waals surface area contributed by atoms with E-state index in [4.69, 9.17) is 32.4 Å². The lowest BCUT2D eigenvalue weighted by Gasteiger charge is -2.29. The summed E-state index contributed by atoms with van der Waals surface area (Å²) in [6.45, 7) is -0.0803. The minimum atomic E-state index is -0.355. The van der Waals surface area contributed by atoms with Gasteiger partial charge in [0.1, 0.15) is 11.1 Å². The average Bonchev–Trinajstić information content (AvgIpc) is 3.19. The number of nitrogens with zero attached hydrogens (tertiary/aromatic N) is 5. The van der Waals surface area contributed by atoms with Gasteiger partial charge in [0.2, 0.25) is 11.8 Å². The van der Waals surface area contributed by atoms with E-state index in [1.165, 1.54) is 11.1 Å². The second-order valence-electron chi connectivity index (χ2n) is 7.19. The molecule has 1 amide bonds. The van der Waals surface area contributed by atoms with Gasteiger partial charge in [-0.15, -0.1) is 0 Å². The van der Waals surface area contributed by atoms with Crippen molar-refractivity contribution in [3.8, 4) is 5.88 Å². The zero-order chi connectivity index (χ0) is 22.4. The van der Waals surface area contributed by atoms with Crippen molar-refractivity contribution >= 4 is 63.5 Å². The number of hydrogen-bond acceptors (Lipinski definition) is 8. The molecule has 2 aromatic heterocycles. The SMILES string of the molecule is CN(C)c1nc2ccc(Nc3ncc4c(n3)OCN(c3c(Cl)cccc3Cl)C4=O)cc2o1. The number of halogens is 2. The Hall–Kier alpha value is -3.56. The van der Waals surface area contributed by atoms with Gasteiger partial charge in [-0.25, -0.2) is 4.98 Å². The summed E-state index contributed by atoms with van der Waals surface area (Å²) in [6.07, 6.45) is 1.40. The van der Waals surface area contributed by atoms with E-state index in [0.717, 1.165) is 5.52 Å². The van der Waals surface area contributed by atoms with Crippen LogP contribution in [0.1, 0.15) is 10.4 Å². The second kappa shape index (κ2) is 7.85. The maximum absolute atomic E-state index is 13.0. The summed E-state index contributed by atoms with van der Waals surface area (Å²) in [7, 11) is 3.71. The van der Waals surface area contributed by atoms with E-state index in [2.05, 4.69) is 20.3 Å². The van der Waals surface area contributed by atoms with Crippen molar-refractivity contribution in [1.29, 1.82) is 0 Å². The molecule has 0 unspecified atom stereocenters. The lowest BCUT2D eigenvalue weighted by molar-refractivity contribution is 0.0932. The van der Waals surface area contributed by atoms with Gasteiger partial charge in [-0.1, -0.05) is 29.3 Å². The van der Waals surface area contributed by atoms with Gasteiger partial charge < -0.3 is 19.4 Å². The van der Waals surface area contributed by atoms with Crippen LogP contribution in [-0.4, -0.2) is 41.7 Å². The van der Waals surface area contributed by atoms with Crippen molar-refractivity contribution in [3.63, 3.8) is 0 Å². The molecule has 1 aliphatic heterocycles. The Morgan fingerprint density at radius 3 is 2.66 bits per heavy atom. The van der Waals surface area contributed by atoms with Gasteiger partial charge in [0.25, 0.3) is 11.9 Å². The van der Waals surface area contributed by atoms with E-state index in [-0.39, 0.29) is 30.0 Å². The Morgan fingerprint density at radius 1 is 1.12 bits per heavy atom. The van der Waals surface area contributed by atoms with Crippen LogP contribution < -0.4 is 19.9 Å². The van der Waals surface area contributed by atoms with E-state index in [1.807, 2.05) is 26.2 Å². The van der Waals surface area contributed by atoms with Crippen LogP contribution in [0.3, 0.4) is 0 Å². The third kappa shape index (κ3) is 3.55. The number of benzene rings is 2. The molecular weight excluding hydrogens is 455 g/mol. The highest BCUT2D eigenvalue weighted by Gasteiger charge is 2.31. The molecule has 5 rings (SSSR count). The number of rotatable bonds is 4. The molecule has 1 N–H and O–H groups in total. The van der Waals surface area contributed by atoms with Gasteiger partial charge in [-0.05, 0) is 24.3 Å². The summed E-state index contributed by atoms with van der Waals surface area (Å²) < 4.78 is 11.4. The van der Waals surface area contributed by atoms with Gasteiger partial charge >= 0.3 is 0 Å². The quantitative estimate of drug-likeness (QED) is 0.457. The largest absolute Gasteiger partial charge is 0.455 e. The first kappa shape index (κ1) is 20.3. The number of ether oxygens (including phenoxy) is 1. The molecule has 11 heteroatoms. The van der Waals surface area contributed by atoms with Crippen molar-refractivity contribution in [2.45, 2.75) is 0 Å². The Balaban J connectivity index is 1.40. The van der Waals surface area contributed by atoms with Gasteiger partial charge in [0, 0.05) is 32.0 Å². The minimum absolute atomic E-state index is 0.0803. The van der Waals surface area contributed by atoms with E-state index in [9.17, 15) is 4.79 Å². The summed E-state index contributed by atoms with van der Waals surface area (Å²) in [6, 6.07) is 11.0. The zero-order valence-corrected chi connectivity index (χ0v) is 18.5. The van der Waals surface area contributed by atoms with E-state index in [0.29, 0.717) is 33.0 Å². The molecule has 0 radical (unpaired) electrons. The summed E-state index contributed by atoms with van der Waals surface area (Å²) in [5, 5.41) is 3.78. The summed E-state index contributed by atoms with van der Waals surface area (Å²) in [4.78, 5) is 29.1. The monoisotopic (exact) mass is 470 g/mol. The van der Waals surface area contributed by atoms with Gasteiger partial charge in [-0.3, -0.25) is 9.69 Å². The molecule has 4 aromatic rings. The van der Waals surface area contributed by atoms with E-state index < -0.39 is 0 Å². The highest BCUT2D eigenvalue weighted by molar-refractivity contribution is 6.40. The molecule has 162 valence electrons. The number of fused-ring (bicyclic) bond motifs is 2. The maximum Gasteiger partial charge on any atom is 0.297 e. The molecular formula is C21H16Cl2N6O3. The average molecular weight is 471 g/mol. The molecule has 1 aliphatic rings. The number of nitrogens with one attached hydrogen (secondary N) is 1. The summed E-state index contributed by atoms with van der Waals surface area (Å²) in [5.74, 6) is 0.0853. The summed E-state index contributed by atoms with van der Waals surface area (Å²) in [5.41, 5.74) is 2.64. The fourth-order valence-electron chi connectivity index (χ4n) is 3.24. The minimum Gasteiger partial charge on any atom is -0.455 e. The highest BCUT2D eigenvalue weighted by Crippen LogP contribution is 2.37. The number of aromatic nitrogens is 3. The first-order chi connectivity index (χ1) is 15.4. The molecule has 0 saturated carbocycles. The number of hydrogen-bond donors (Lipinski definition) is 1. The number of para-hydroxylation sites is 1. The second-order valence-corrected chi connectivity index (χ2v) is 8.00. The number of carbonyl (C=O) groups excluding carboxylic acids is 1. The Morgan fingerprint density at radius 2 is 1.91 bits per heavy atom. The first-order valence-electron chi connectivity index (χ1n) is 9.51. The predicted molar refractivity (Wildman–Crippen MR) is 122 cm³/mol. The van der Waals surface area contributed by atoms with Gasteiger partial charge in [0.15, 0.2) is 12.3 Å². The van der Waals surface area contributed by atoms with Crippen LogP contribution in [-0.2, 0) is 0 Å². The molecule has 0 fully saturated rings. The number of amides is 1. The van der Waals surface area contributed by atoms with Crippen molar-refractivity contribution in [2.75, 3.05) is 35.9 Å². The van der Waals surface area contributed by atoms with Gasteiger partial charge in [0.05, 0.1) is 15.7 Å². The maximum atomic E-state index is 13.0. The molecule has 32 heavy (non-hydrogen) atoms. The Labute approximate surface area is 192 Å². The summed E-state index contributed by atoms with van der Waals surface area (Å²) >= 11 is 12.5. The first-order valence-corrected chi connectivity index (χ1v) is 10.3. The van der Waals surface area contributed by atoms with Crippen LogP contribution in [0, 0.1) is 0 Å². The van der Waals surface area contributed by atoms with Crippen LogP contribution in [0.15, 0.2) is 47.0 Å². The van der Waals surface area contributed by atoms with Gasteiger partial charge in [-0.2, -0.15) is 9.97 Å². The van der Waals surface area contributed by atoms with Crippen LogP contribution in [0.5, 0.6) is 5.88 Å². The molecule has 0 bridgehead atoms. The van der Waals surface area contributed by atoms with Crippen LogP contribution in [0.25, 0.3) is 11.1 Å². The fraction of sp³-hybridized carbons (Fsp3) is 0.143. The third-order valence-electron chi connectivity index (χ3n) is 4.78. The molecule has 9 nitrogen and oxygen atoms in total. The highest BCUT2D eigenvalue weighted by atomic mass is 35.5. The molecule has 2 aromatic carbocycles. The zero-order valence-electron chi connectivity index (χ0n) is 17.0. The fourth-order valence-corrected chi connectivity index (χ4v) is 3.84. The lowest BCUT2D eigenvalue weighted by atomic mass is 10.2. The van der Waals surface area contributed by atoms with Crippen molar-refractivity contribution < 1.29 is 13.9 Å².